The zero-order chi connectivity index (χ0) is 21.8. The fourth-order valence-electron chi connectivity index (χ4n) is 3.80. The predicted molar refractivity (Wildman–Crippen MR) is 119 cm³/mol. The second-order valence-electron chi connectivity index (χ2n) is 7.60. The van der Waals surface area contributed by atoms with Crippen LogP contribution in [-0.4, -0.2) is 68.0 Å². The van der Waals surface area contributed by atoms with Gasteiger partial charge in [-0.05, 0) is 32.0 Å². The van der Waals surface area contributed by atoms with Crippen LogP contribution in [0.2, 0.25) is 0 Å². The lowest BCUT2D eigenvalue weighted by Crippen LogP contribution is -2.46. The van der Waals surface area contributed by atoms with Crippen molar-refractivity contribution in [2.24, 2.45) is 7.05 Å². The smallest absolute Gasteiger partial charge is 0.321 e. The van der Waals surface area contributed by atoms with Crippen LogP contribution in [0.5, 0.6) is 0 Å². The lowest BCUT2D eigenvalue weighted by atomic mass is 10.2. The Balaban J connectivity index is 1.34. The van der Waals surface area contributed by atoms with Crippen molar-refractivity contribution in [3.63, 3.8) is 0 Å². The summed E-state index contributed by atoms with van der Waals surface area (Å²) in [6, 6.07) is 5.81. The number of nitrogens with one attached hydrogen (secondary N) is 2. The van der Waals surface area contributed by atoms with Crippen LogP contribution >= 0.6 is 0 Å². The average molecular weight is 424 g/mol. The van der Waals surface area contributed by atoms with E-state index in [2.05, 4.69) is 36.6 Å². The van der Waals surface area contributed by atoms with E-state index in [-0.39, 0.29) is 6.03 Å². The summed E-state index contributed by atoms with van der Waals surface area (Å²) in [5.41, 5.74) is 3.25. The number of urea groups is 1. The number of anilines is 2. The molecule has 0 aromatic carbocycles. The Morgan fingerprint density at radius 2 is 2.00 bits per heavy atom. The zero-order valence-corrected chi connectivity index (χ0v) is 18.2. The molecule has 2 amide bonds. The van der Waals surface area contributed by atoms with E-state index >= 15 is 0 Å². The van der Waals surface area contributed by atoms with Gasteiger partial charge in [-0.3, -0.25) is 10.2 Å². The van der Waals surface area contributed by atoms with Crippen molar-refractivity contribution in [2.75, 3.05) is 42.9 Å². The first kappa shape index (κ1) is 20.9. The summed E-state index contributed by atoms with van der Waals surface area (Å²) < 4.78 is 3.71. The van der Waals surface area contributed by atoms with Gasteiger partial charge in [0.25, 0.3) is 0 Å². The number of carbonyl (C=O) groups excluding carboxylic acids is 1. The van der Waals surface area contributed by atoms with Crippen LogP contribution in [0.1, 0.15) is 18.3 Å². The fraction of sp³-hybridized carbons (Fsp3) is 0.429. The number of piperazine rings is 1. The van der Waals surface area contributed by atoms with Crippen molar-refractivity contribution in [3.8, 4) is 5.82 Å². The van der Waals surface area contributed by atoms with Crippen molar-refractivity contribution in [2.45, 2.75) is 20.4 Å². The van der Waals surface area contributed by atoms with Crippen LogP contribution in [-0.2, 0) is 13.6 Å². The van der Waals surface area contributed by atoms with Crippen LogP contribution in [0.4, 0.5) is 16.4 Å². The van der Waals surface area contributed by atoms with Gasteiger partial charge in [-0.2, -0.15) is 5.10 Å². The van der Waals surface area contributed by atoms with Crippen LogP contribution in [0.3, 0.4) is 0 Å². The molecule has 0 spiro atoms. The molecule has 0 unspecified atom stereocenters. The molecular weight excluding hydrogens is 394 g/mol. The molecule has 0 aliphatic carbocycles. The van der Waals surface area contributed by atoms with Gasteiger partial charge in [0.05, 0.1) is 23.3 Å². The van der Waals surface area contributed by atoms with E-state index < -0.39 is 0 Å². The molecule has 1 fully saturated rings. The molecule has 1 saturated heterocycles. The maximum absolute atomic E-state index is 11.7. The molecule has 10 heteroatoms. The monoisotopic (exact) mass is 423 g/mol. The summed E-state index contributed by atoms with van der Waals surface area (Å²) >= 11 is 0. The molecule has 4 rings (SSSR count). The number of hydrogen-bond acceptors (Lipinski definition) is 6. The molecule has 0 saturated carbocycles. The average Bonchev–Trinajstić information content (AvgIpc) is 3.41. The standard InChI is InChI=1S/C21H29N9O/c1-4-22-21(31)26-20-23-14-17(27(20)3)15-28-10-12-29(13-11-28)18-6-7-19(25-16(18)2)30-9-5-8-24-30/h5-9,14H,4,10-13,15H2,1-3H3,(H2,22,23,26,31). The maximum atomic E-state index is 11.7. The van der Waals surface area contributed by atoms with E-state index in [1.54, 1.807) is 10.9 Å². The highest BCUT2D eigenvalue weighted by molar-refractivity contribution is 5.87. The minimum atomic E-state index is -0.237. The van der Waals surface area contributed by atoms with Gasteiger partial charge in [0.1, 0.15) is 0 Å². The first-order chi connectivity index (χ1) is 15.0. The second-order valence-corrected chi connectivity index (χ2v) is 7.60. The number of aromatic nitrogens is 5. The van der Waals surface area contributed by atoms with Gasteiger partial charge in [0.15, 0.2) is 5.82 Å². The normalized spacial score (nSPS) is 14.6. The Morgan fingerprint density at radius 1 is 1.19 bits per heavy atom. The van der Waals surface area contributed by atoms with Gasteiger partial charge in [-0.25, -0.2) is 19.4 Å². The van der Waals surface area contributed by atoms with Gasteiger partial charge in [0.2, 0.25) is 5.95 Å². The third-order valence-electron chi connectivity index (χ3n) is 5.53. The number of imidazole rings is 1. The van der Waals surface area contributed by atoms with Crippen LogP contribution in [0.25, 0.3) is 5.82 Å². The molecule has 31 heavy (non-hydrogen) atoms. The first-order valence-electron chi connectivity index (χ1n) is 10.6. The summed E-state index contributed by atoms with van der Waals surface area (Å²) in [4.78, 5) is 25.6. The van der Waals surface area contributed by atoms with Crippen LogP contribution in [0, 0.1) is 6.92 Å². The zero-order valence-electron chi connectivity index (χ0n) is 18.2. The summed E-state index contributed by atoms with van der Waals surface area (Å²) in [6.45, 7) is 9.08. The molecule has 2 N–H and O–H groups in total. The number of amides is 2. The molecule has 164 valence electrons. The highest BCUT2D eigenvalue weighted by Gasteiger charge is 2.21. The van der Waals surface area contributed by atoms with Crippen molar-refractivity contribution in [3.05, 3.63) is 48.2 Å². The SMILES string of the molecule is CCNC(=O)Nc1ncc(CN2CCN(c3ccc(-n4cccn4)nc3C)CC2)n1C. The van der Waals surface area contributed by atoms with Crippen molar-refractivity contribution in [1.82, 2.24) is 34.5 Å². The van der Waals surface area contributed by atoms with Gasteiger partial charge in [-0.15, -0.1) is 0 Å². The molecule has 3 aromatic heterocycles. The van der Waals surface area contributed by atoms with Gasteiger partial charge < -0.3 is 14.8 Å². The lowest BCUT2D eigenvalue weighted by molar-refractivity contribution is 0.244. The van der Waals surface area contributed by atoms with Gasteiger partial charge >= 0.3 is 6.03 Å². The lowest BCUT2D eigenvalue weighted by Gasteiger charge is -2.36. The molecular formula is C21H29N9O. The largest absolute Gasteiger partial charge is 0.368 e. The number of rotatable bonds is 6. The number of pyridine rings is 1. The second kappa shape index (κ2) is 9.17. The Kier molecular flexibility index (Phi) is 6.17. The van der Waals surface area contributed by atoms with E-state index in [0.717, 1.165) is 49.9 Å². The van der Waals surface area contributed by atoms with E-state index in [1.165, 1.54) is 5.69 Å². The predicted octanol–water partition coefficient (Wildman–Crippen LogP) is 1.77. The fourth-order valence-corrected chi connectivity index (χ4v) is 3.80. The molecule has 0 radical (unpaired) electrons. The summed E-state index contributed by atoms with van der Waals surface area (Å²) in [6.07, 6.45) is 5.48. The summed E-state index contributed by atoms with van der Waals surface area (Å²) in [5, 5.41) is 9.75. The molecule has 1 aliphatic heterocycles. The van der Waals surface area contributed by atoms with Crippen molar-refractivity contribution >= 4 is 17.7 Å². The summed E-state index contributed by atoms with van der Waals surface area (Å²) in [7, 11) is 1.93. The first-order valence-corrected chi connectivity index (χ1v) is 10.6. The number of nitrogens with zero attached hydrogens (tertiary/aromatic N) is 7. The summed E-state index contributed by atoms with van der Waals surface area (Å²) in [5.74, 6) is 1.39. The topological polar surface area (TPSA) is 96.1 Å². The van der Waals surface area contributed by atoms with E-state index in [1.807, 2.05) is 50.0 Å². The third kappa shape index (κ3) is 4.69. The van der Waals surface area contributed by atoms with E-state index in [0.29, 0.717) is 12.5 Å². The third-order valence-corrected chi connectivity index (χ3v) is 5.53. The maximum Gasteiger partial charge on any atom is 0.321 e. The molecule has 0 atom stereocenters. The van der Waals surface area contributed by atoms with Crippen LogP contribution < -0.4 is 15.5 Å². The Labute approximate surface area is 181 Å². The van der Waals surface area contributed by atoms with Crippen molar-refractivity contribution < 1.29 is 4.79 Å². The number of hydrogen-bond donors (Lipinski definition) is 2. The Hall–Kier alpha value is -3.40. The highest BCUT2D eigenvalue weighted by Crippen LogP contribution is 2.22. The Bertz CT molecular complexity index is 1020. The minimum Gasteiger partial charge on any atom is -0.368 e. The molecule has 4 heterocycles. The molecule has 10 nitrogen and oxygen atoms in total. The quantitative estimate of drug-likeness (QED) is 0.627. The van der Waals surface area contributed by atoms with E-state index in [4.69, 9.17) is 4.98 Å². The van der Waals surface area contributed by atoms with Crippen LogP contribution in [0.15, 0.2) is 36.8 Å². The van der Waals surface area contributed by atoms with Crippen molar-refractivity contribution in [1.29, 1.82) is 0 Å². The highest BCUT2D eigenvalue weighted by atomic mass is 16.2. The number of carbonyl (C=O) groups is 1. The van der Waals surface area contributed by atoms with Gasteiger partial charge in [-0.1, -0.05) is 0 Å². The van der Waals surface area contributed by atoms with E-state index in [9.17, 15) is 4.79 Å². The molecule has 0 bridgehead atoms. The Morgan fingerprint density at radius 3 is 2.68 bits per heavy atom. The van der Waals surface area contributed by atoms with Gasteiger partial charge in [0, 0.05) is 58.7 Å². The minimum absolute atomic E-state index is 0.237. The number of aryl methyl sites for hydroxylation is 1. The molecule has 3 aromatic rings. The molecule has 1 aliphatic rings.